The van der Waals surface area contributed by atoms with Crippen LogP contribution >= 0.6 is 0 Å². The van der Waals surface area contributed by atoms with Crippen molar-refractivity contribution >= 4 is 17.4 Å². The number of hydrogen-bond donors (Lipinski definition) is 4. The number of fused-ring (bicyclic) bond motifs is 1. The van der Waals surface area contributed by atoms with Gasteiger partial charge in [0.05, 0.1) is 5.92 Å². The van der Waals surface area contributed by atoms with Gasteiger partial charge in [0.15, 0.2) is 5.60 Å². The van der Waals surface area contributed by atoms with Crippen LogP contribution in [-0.4, -0.2) is 28.9 Å². The van der Waals surface area contributed by atoms with Crippen LogP contribution in [0.25, 0.3) is 0 Å². The van der Waals surface area contributed by atoms with Crippen molar-refractivity contribution in [2.24, 2.45) is 5.92 Å². The Morgan fingerprint density at radius 2 is 1.86 bits per heavy atom. The zero-order valence-corrected chi connectivity index (χ0v) is 12.0. The average Bonchev–Trinajstić information content (AvgIpc) is 2.89. The number of ketones is 1. The van der Waals surface area contributed by atoms with Crippen LogP contribution in [-0.2, 0) is 15.2 Å². The van der Waals surface area contributed by atoms with E-state index in [1.807, 2.05) is 13.8 Å². The molecule has 6 heteroatoms. The molecule has 2 aliphatic heterocycles. The topological polar surface area (TPSA) is 90.5 Å². The van der Waals surface area contributed by atoms with Gasteiger partial charge in [-0.25, -0.2) is 0 Å². The quantitative estimate of drug-likeness (QED) is 0.642. The van der Waals surface area contributed by atoms with E-state index in [1.165, 1.54) is 0 Å². The van der Waals surface area contributed by atoms with Crippen LogP contribution in [0.5, 0.6) is 0 Å². The second kappa shape index (κ2) is 4.91. The van der Waals surface area contributed by atoms with E-state index in [9.17, 15) is 14.7 Å². The fraction of sp³-hybridized carbons (Fsp3) is 0.467. The molecule has 0 radical (unpaired) electrons. The standard InChI is InChI=1S/C15H19N3O3/c1-8-13(9(2)18-17-8)12(19)7-15(21)10-5-3-4-6-11(10)16-14(15)20/h3-6,8-9,13,17-18,21H,7H2,1-2H3,(H,16,20). The van der Waals surface area contributed by atoms with Gasteiger partial charge in [0, 0.05) is 29.8 Å². The summed E-state index contributed by atoms with van der Waals surface area (Å²) in [5.41, 5.74) is 5.31. The number of hydrogen-bond acceptors (Lipinski definition) is 5. The van der Waals surface area contributed by atoms with Crippen LogP contribution in [0.3, 0.4) is 0 Å². The number of rotatable bonds is 3. The van der Waals surface area contributed by atoms with Crippen molar-refractivity contribution in [1.82, 2.24) is 10.9 Å². The molecular weight excluding hydrogens is 270 g/mol. The molecule has 3 atom stereocenters. The van der Waals surface area contributed by atoms with Crippen molar-refractivity contribution in [2.45, 2.75) is 38.0 Å². The number of anilines is 1. The maximum atomic E-state index is 12.6. The SMILES string of the molecule is CC1NNC(C)C1C(=O)CC1(O)C(=O)Nc2ccccc21. The Balaban J connectivity index is 1.87. The smallest absolute Gasteiger partial charge is 0.261 e. The van der Waals surface area contributed by atoms with Gasteiger partial charge in [-0.3, -0.25) is 20.4 Å². The zero-order valence-electron chi connectivity index (χ0n) is 12.0. The van der Waals surface area contributed by atoms with E-state index in [0.29, 0.717) is 11.3 Å². The minimum absolute atomic E-state index is 0.0317. The van der Waals surface area contributed by atoms with Gasteiger partial charge in [0.25, 0.3) is 5.91 Å². The Labute approximate surface area is 122 Å². The lowest BCUT2D eigenvalue weighted by Crippen LogP contribution is -2.41. The second-order valence-electron chi connectivity index (χ2n) is 5.89. The number of hydrazine groups is 1. The molecular formula is C15H19N3O3. The van der Waals surface area contributed by atoms with Gasteiger partial charge in [-0.15, -0.1) is 0 Å². The van der Waals surface area contributed by atoms with Crippen molar-refractivity contribution in [2.75, 3.05) is 5.32 Å². The summed E-state index contributed by atoms with van der Waals surface area (Å²) in [5.74, 6) is -0.923. The molecule has 1 aromatic carbocycles. The summed E-state index contributed by atoms with van der Waals surface area (Å²) in [5, 5.41) is 13.4. The number of nitrogens with one attached hydrogen (secondary N) is 3. The van der Waals surface area contributed by atoms with Gasteiger partial charge < -0.3 is 10.4 Å². The molecule has 4 N–H and O–H groups in total. The molecule has 0 aliphatic carbocycles. The average molecular weight is 289 g/mol. The van der Waals surface area contributed by atoms with Crippen LogP contribution < -0.4 is 16.2 Å². The van der Waals surface area contributed by atoms with Gasteiger partial charge in [0.1, 0.15) is 5.78 Å². The number of carbonyl (C=O) groups is 2. The lowest BCUT2D eigenvalue weighted by Gasteiger charge is -2.24. The number of para-hydroxylation sites is 1. The highest BCUT2D eigenvalue weighted by Gasteiger charge is 2.49. The van der Waals surface area contributed by atoms with E-state index in [2.05, 4.69) is 16.2 Å². The molecule has 0 aromatic heterocycles. The van der Waals surface area contributed by atoms with E-state index in [1.54, 1.807) is 24.3 Å². The normalized spacial score (nSPS) is 34.6. The summed E-state index contributed by atoms with van der Waals surface area (Å²) in [4.78, 5) is 24.7. The predicted octanol–water partition coefficient (Wildman–Crippen LogP) is 0.287. The highest BCUT2D eigenvalue weighted by atomic mass is 16.3. The van der Waals surface area contributed by atoms with E-state index >= 15 is 0 Å². The molecule has 21 heavy (non-hydrogen) atoms. The lowest BCUT2D eigenvalue weighted by molar-refractivity contribution is -0.141. The molecule has 2 heterocycles. The Bertz CT molecular complexity index is 594. The Hall–Kier alpha value is -1.76. The summed E-state index contributed by atoms with van der Waals surface area (Å²) in [6, 6.07) is 6.87. The molecule has 1 amide bonds. The van der Waals surface area contributed by atoms with Gasteiger partial charge in [-0.05, 0) is 19.9 Å². The van der Waals surface area contributed by atoms with Gasteiger partial charge in [-0.2, -0.15) is 0 Å². The van der Waals surface area contributed by atoms with Gasteiger partial charge >= 0.3 is 0 Å². The number of Topliss-reactive ketones (excluding diaryl/α,β-unsaturated/α-hetero) is 1. The molecule has 0 saturated carbocycles. The van der Waals surface area contributed by atoms with Crippen molar-refractivity contribution in [3.63, 3.8) is 0 Å². The van der Waals surface area contributed by atoms with Crippen molar-refractivity contribution in [1.29, 1.82) is 0 Å². The molecule has 1 saturated heterocycles. The van der Waals surface area contributed by atoms with Crippen LogP contribution in [0, 0.1) is 5.92 Å². The van der Waals surface area contributed by atoms with Crippen molar-refractivity contribution in [3.8, 4) is 0 Å². The van der Waals surface area contributed by atoms with Crippen LogP contribution in [0.1, 0.15) is 25.8 Å². The summed E-state index contributed by atoms with van der Waals surface area (Å²) in [6.45, 7) is 3.82. The van der Waals surface area contributed by atoms with Crippen LogP contribution in [0.2, 0.25) is 0 Å². The molecule has 0 bridgehead atoms. The Kier molecular flexibility index (Phi) is 3.32. The van der Waals surface area contributed by atoms with Gasteiger partial charge in [0.2, 0.25) is 0 Å². The number of amides is 1. The molecule has 6 nitrogen and oxygen atoms in total. The Morgan fingerprint density at radius 1 is 1.24 bits per heavy atom. The minimum atomic E-state index is -1.77. The fourth-order valence-corrected chi connectivity index (χ4v) is 3.28. The fourth-order valence-electron chi connectivity index (χ4n) is 3.28. The largest absolute Gasteiger partial charge is 0.375 e. The monoisotopic (exact) mass is 289 g/mol. The molecule has 1 aromatic rings. The molecule has 3 rings (SSSR count). The zero-order chi connectivity index (χ0) is 15.2. The van der Waals surface area contributed by atoms with Crippen molar-refractivity contribution in [3.05, 3.63) is 29.8 Å². The second-order valence-corrected chi connectivity index (χ2v) is 5.89. The van der Waals surface area contributed by atoms with Crippen LogP contribution in [0.4, 0.5) is 5.69 Å². The third kappa shape index (κ3) is 2.16. The first-order valence-corrected chi connectivity index (χ1v) is 7.10. The number of carbonyl (C=O) groups excluding carboxylic acids is 2. The first-order valence-electron chi connectivity index (χ1n) is 7.10. The highest BCUT2D eigenvalue weighted by molar-refractivity contribution is 6.07. The van der Waals surface area contributed by atoms with E-state index in [0.717, 1.165) is 0 Å². The van der Waals surface area contributed by atoms with E-state index in [4.69, 9.17) is 0 Å². The summed E-state index contributed by atoms with van der Waals surface area (Å²) >= 11 is 0. The van der Waals surface area contributed by atoms with Crippen LogP contribution in [0.15, 0.2) is 24.3 Å². The molecule has 112 valence electrons. The van der Waals surface area contributed by atoms with E-state index < -0.39 is 11.5 Å². The maximum absolute atomic E-state index is 12.6. The van der Waals surface area contributed by atoms with Crippen molar-refractivity contribution < 1.29 is 14.7 Å². The Morgan fingerprint density at radius 3 is 2.52 bits per heavy atom. The predicted molar refractivity (Wildman–Crippen MR) is 77.3 cm³/mol. The van der Waals surface area contributed by atoms with E-state index in [-0.39, 0.29) is 30.2 Å². The lowest BCUT2D eigenvalue weighted by atomic mass is 9.82. The molecule has 0 spiro atoms. The first-order chi connectivity index (χ1) is 9.93. The van der Waals surface area contributed by atoms with Gasteiger partial charge in [-0.1, -0.05) is 18.2 Å². The summed E-state index contributed by atoms with van der Waals surface area (Å²) < 4.78 is 0. The number of aliphatic hydroxyl groups is 1. The third-order valence-electron chi connectivity index (χ3n) is 4.41. The first kappa shape index (κ1) is 14.2. The summed E-state index contributed by atoms with van der Waals surface area (Å²) in [6.07, 6.45) is -0.210. The molecule has 3 unspecified atom stereocenters. The number of benzene rings is 1. The highest BCUT2D eigenvalue weighted by Crippen LogP contribution is 2.39. The molecule has 1 fully saturated rings. The summed E-state index contributed by atoms with van der Waals surface area (Å²) in [7, 11) is 0. The molecule has 2 aliphatic rings. The maximum Gasteiger partial charge on any atom is 0.261 e. The minimum Gasteiger partial charge on any atom is -0.375 e. The third-order valence-corrected chi connectivity index (χ3v) is 4.41.